The zero-order valence-electron chi connectivity index (χ0n) is 15.0. The van der Waals surface area contributed by atoms with Gasteiger partial charge in [-0.25, -0.2) is 12.8 Å². The van der Waals surface area contributed by atoms with Gasteiger partial charge in [-0.05, 0) is 42.5 Å². The van der Waals surface area contributed by atoms with Crippen LogP contribution in [0.25, 0.3) is 5.69 Å². The third kappa shape index (κ3) is 4.06. The lowest BCUT2D eigenvalue weighted by Gasteiger charge is -2.34. The molecule has 1 saturated heterocycles. The van der Waals surface area contributed by atoms with Crippen molar-refractivity contribution in [2.24, 2.45) is 0 Å². The molecule has 0 spiro atoms. The first-order valence-corrected chi connectivity index (χ1v) is 11.3. The van der Waals surface area contributed by atoms with Crippen LogP contribution >= 0.6 is 22.9 Å². The Labute approximate surface area is 175 Å². The summed E-state index contributed by atoms with van der Waals surface area (Å²) in [4.78, 5) is 14.1. The summed E-state index contributed by atoms with van der Waals surface area (Å²) in [6.45, 7) is 1.42. The summed E-state index contributed by atoms with van der Waals surface area (Å²) < 4.78 is 41.9. The van der Waals surface area contributed by atoms with Crippen LogP contribution in [-0.2, 0) is 10.0 Å². The average Bonchev–Trinajstić information content (AvgIpc) is 3.16. The first-order valence-electron chi connectivity index (χ1n) is 8.71. The fraction of sp³-hybridized carbons (Fsp3) is 0.222. The lowest BCUT2D eigenvalue weighted by atomic mass is 10.3. The Bertz CT molecular complexity index is 1190. The number of piperazine rings is 1. The normalized spacial score (nSPS) is 15.6. The third-order valence-electron chi connectivity index (χ3n) is 4.56. The first-order chi connectivity index (χ1) is 13.8. The van der Waals surface area contributed by atoms with Gasteiger partial charge in [-0.3, -0.25) is 4.79 Å². The van der Waals surface area contributed by atoms with Crippen molar-refractivity contribution in [2.75, 3.05) is 31.1 Å². The summed E-state index contributed by atoms with van der Waals surface area (Å²) >= 11 is 6.90. The highest BCUT2D eigenvalue weighted by Gasteiger charge is 2.30. The monoisotopic (exact) mass is 454 g/mol. The van der Waals surface area contributed by atoms with Gasteiger partial charge in [0.15, 0.2) is 0 Å². The number of anilines is 1. The number of halogens is 2. The molecule has 1 aliphatic rings. The van der Waals surface area contributed by atoms with E-state index in [0.29, 0.717) is 28.9 Å². The molecule has 0 amide bonds. The minimum absolute atomic E-state index is 0.221. The Morgan fingerprint density at radius 1 is 0.966 bits per heavy atom. The summed E-state index contributed by atoms with van der Waals surface area (Å²) in [5.41, 5.74) is 0.116. The minimum atomic E-state index is -3.58. The summed E-state index contributed by atoms with van der Waals surface area (Å²) in [5, 5.41) is 4.37. The number of hydrogen-bond acceptors (Lipinski definition) is 6. The minimum Gasteiger partial charge on any atom is -0.353 e. The van der Waals surface area contributed by atoms with Crippen molar-refractivity contribution in [1.29, 1.82) is 0 Å². The number of nitrogens with zero attached hydrogens (tertiary/aromatic N) is 4. The van der Waals surface area contributed by atoms with Crippen LogP contribution in [0.3, 0.4) is 0 Å². The van der Waals surface area contributed by atoms with E-state index in [-0.39, 0.29) is 22.9 Å². The van der Waals surface area contributed by atoms with Crippen molar-refractivity contribution >= 4 is 38.8 Å². The Balaban J connectivity index is 1.52. The van der Waals surface area contributed by atoms with Crippen LogP contribution in [0.2, 0.25) is 4.34 Å². The number of sulfonamides is 1. The highest BCUT2D eigenvalue weighted by Crippen LogP contribution is 2.29. The van der Waals surface area contributed by atoms with Crippen LogP contribution in [0.1, 0.15) is 0 Å². The molecule has 29 heavy (non-hydrogen) atoms. The van der Waals surface area contributed by atoms with Gasteiger partial charge in [0.05, 0.1) is 10.0 Å². The Hall–Kier alpha value is -2.27. The van der Waals surface area contributed by atoms with E-state index in [4.69, 9.17) is 11.6 Å². The van der Waals surface area contributed by atoms with Crippen molar-refractivity contribution in [3.05, 3.63) is 69.0 Å². The summed E-state index contributed by atoms with van der Waals surface area (Å²) in [6, 6.07) is 11.5. The van der Waals surface area contributed by atoms with Crippen LogP contribution in [0, 0.1) is 5.82 Å². The molecule has 1 aliphatic heterocycles. The highest BCUT2D eigenvalue weighted by molar-refractivity contribution is 7.91. The highest BCUT2D eigenvalue weighted by atomic mass is 35.5. The lowest BCUT2D eigenvalue weighted by molar-refractivity contribution is 0.384. The third-order valence-corrected chi connectivity index (χ3v) is 8.16. The van der Waals surface area contributed by atoms with E-state index in [2.05, 4.69) is 5.10 Å². The predicted octanol–water partition coefficient (Wildman–Crippen LogP) is 2.60. The number of aromatic nitrogens is 2. The van der Waals surface area contributed by atoms with Gasteiger partial charge in [0.25, 0.3) is 15.6 Å². The van der Waals surface area contributed by atoms with Crippen molar-refractivity contribution in [3.63, 3.8) is 0 Å². The van der Waals surface area contributed by atoms with Crippen molar-refractivity contribution in [1.82, 2.24) is 14.1 Å². The van der Waals surface area contributed by atoms with Gasteiger partial charge in [-0.15, -0.1) is 16.4 Å². The molecule has 0 bridgehead atoms. The molecule has 0 N–H and O–H groups in total. The van der Waals surface area contributed by atoms with Gasteiger partial charge in [-0.2, -0.15) is 8.99 Å². The van der Waals surface area contributed by atoms with E-state index in [1.807, 2.05) is 4.90 Å². The summed E-state index contributed by atoms with van der Waals surface area (Å²) in [6.07, 6.45) is 0. The van der Waals surface area contributed by atoms with E-state index in [9.17, 15) is 17.6 Å². The van der Waals surface area contributed by atoms with E-state index >= 15 is 0 Å². The van der Waals surface area contributed by atoms with Gasteiger partial charge in [0.1, 0.15) is 15.8 Å². The predicted molar refractivity (Wildman–Crippen MR) is 110 cm³/mol. The average molecular weight is 455 g/mol. The first kappa shape index (κ1) is 20.0. The molecule has 152 valence electrons. The molecule has 11 heteroatoms. The van der Waals surface area contributed by atoms with Crippen molar-refractivity contribution in [3.8, 4) is 5.69 Å². The quantitative estimate of drug-likeness (QED) is 0.605. The molecule has 3 heterocycles. The maximum Gasteiger partial charge on any atom is 0.271 e. The molecule has 2 aromatic heterocycles. The van der Waals surface area contributed by atoms with Crippen LogP contribution < -0.4 is 10.5 Å². The van der Waals surface area contributed by atoms with E-state index < -0.39 is 15.8 Å². The summed E-state index contributed by atoms with van der Waals surface area (Å²) in [5.74, 6) is 0.146. The smallest absolute Gasteiger partial charge is 0.271 e. The van der Waals surface area contributed by atoms with Crippen molar-refractivity contribution < 1.29 is 12.8 Å². The number of thiophene rings is 1. The lowest BCUT2D eigenvalue weighted by Crippen LogP contribution is -2.49. The molecule has 0 atom stereocenters. The van der Waals surface area contributed by atoms with Crippen LogP contribution in [0.5, 0.6) is 0 Å². The van der Waals surface area contributed by atoms with Gasteiger partial charge in [-0.1, -0.05) is 11.6 Å². The molecule has 0 unspecified atom stereocenters. The van der Waals surface area contributed by atoms with E-state index in [0.717, 1.165) is 11.3 Å². The number of benzene rings is 1. The van der Waals surface area contributed by atoms with E-state index in [1.165, 1.54) is 45.4 Å². The number of hydrogen-bond donors (Lipinski definition) is 0. The second-order valence-corrected chi connectivity index (χ2v) is 10.2. The molecular formula is C18H16ClFN4O3S2. The molecular weight excluding hydrogens is 439 g/mol. The van der Waals surface area contributed by atoms with E-state index in [1.54, 1.807) is 12.1 Å². The molecule has 1 fully saturated rings. The molecule has 7 nitrogen and oxygen atoms in total. The van der Waals surface area contributed by atoms with Crippen LogP contribution in [0.4, 0.5) is 10.2 Å². The second-order valence-electron chi connectivity index (χ2n) is 6.37. The Kier molecular flexibility index (Phi) is 5.43. The topological polar surface area (TPSA) is 75.5 Å². The molecule has 0 saturated carbocycles. The number of rotatable bonds is 4. The van der Waals surface area contributed by atoms with Crippen LogP contribution in [-0.4, -0.2) is 48.7 Å². The largest absolute Gasteiger partial charge is 0.353 e. The Morgan fingerprint density at radius 2 is 1.66 bits per heavy atom. The fourth-order valence-electron chi connectivity index (χ4n) is 3.06. The molecule has 3 aromatic rings. The van der Waals surface area contributed by atoms with Gasteiger partial charge in [0, 0.05) is 32.2 Å². The SMILES string of the molecule is O=c1ccc(N2CCN(S(=O)(=O)c3ccc(Cl)s3)CC2)nn1-c1ccc(F)cc1. The Morgan fingerprint density at radius 3 is 2.28 bits per heavy atom. The zero-order chi connectivity index (χ0) is 20.6. The maximum atomic E-state index is 13.2. The van der Waals surface area contributed by atoms with Gasteiger partial charge >= 0.3 is 0 Å². The molecule has 4 rings (SSSR count). The molecule has 0 aliphatic carbocycles. The molecule has 0 radical (unpaired) electrons. The second kappa shape index (κ2) is 7.86. The van der Waals surface area contributed by atoms with Crippen LogP contribution in [0.15, 0.2) is 57.5 Å². The standard InChI is InChI=1S/C18H16ClFN4O3S2/c19-15-5-8-18(28-15)29(26,27)23-11-9-22(10-12-23)16-6-7-17(25)24(21-16)14-3-1-13(20)2-4-14/h1-8H,9-12H2. The summed E-state index contributed by atoms with van der Waals surface area (Å²) in [7, 11) is -3.58. The molecule has 1 aromatic carbocycles. The fourth-order valence-corrected chi connectivity index (χ4v) is 6.12. The van der Waals surface area contributed by atoms with Crippen molar-refractivity contribution in [2.45, 2.75) is 4.21 Å². The zero-order valence-corrected chi connectivity index (χ0v) is 17.4. The van der Waals surface area contributed by atoms with Gasteiger partial charge in [0.2, 0.25) is 0 Å². The maximum absolute atomic E-state index is 13.2. The van der Waals surface area contributed by atoms with Gasteiger partial charge < -0.3 is 4.90 Å².